The zero-order valence-corrected chi connectivity index (χ0v) is 14.5. The number of hydrogen-bond donors (Lipinski definition) is 1. The molecule has 0 fully saturated rings. The predicted octanol–water partition coefficient (Wildman–Crippen LogP) is 2.75. The molecule has 0 amide bonds. The fourth-order valence-corrected chi connectivity index (χ4v) is 3.93. The lowest BCUT2D eigenvalue weighted by Gasteiger charge is -2.10. The second-order valence-electron chi connectivity index (χ2n) is 4.67. The van der Waals surface area contributed by atoms with Gasteiger partial charge in [0.05, 0.1) is 0 Å². The van der Waals surface area contributed by atoms with Crippen LogP contribution in [-0.4, -0.2) is 20.9 Å². The first kappa shape index (κ1) is 18.5. The van der Waals surface area contributed by atoms with Gasteiger partial charge >= 0.3 is 5.97 Å². The van der Waals surface area contributed by atoms with Gasteiger partial charge in [0.15, 0.2) is 0 Å². The average Bonchev–Trinajstić information content (AvgIpc) is 2.50. The van der Waals surface area contributed by atoms with Crippen LogP contribution >= 0.6 is 15.9 Å². The highest BCUT2D eigenvalue weighted by Crippen LogP contribution is 2.25. The molecular weight excluding hydrogens is 408 g/mol. The summed E-state index contributed by atoms with van der Waals surface area (Å²) in [6.45, 7) is -0.700. The second-order valence-corrected chi connectivity index (χ2v) is 7.23. The van der Waals surface area contributed by atoms with Gasteiger partial charge in [0.1, 0.15) is 29.7 Å². The topological polar surface area (TPSA) is 72.5 Å². The quantitative estimate of drug-likeness (QED) is 0.730. The Morgan fingerprint density at radius 2 is 1.83 bits per heavy atom. The number of carbonyl (C=O) groups is 1. The van der Waals surface area contributed by atoms with E-state index in [4.69, 9.17) is 4.74 Å². The molecule has 2 rings (SSSR count). The van der Waals surface area contributed by atoms with Crippen molar-refractivity contribution in [3.05, 3.63) is 64.1 Å². The molecule has 0 saturated heterocycles. The molecule has 0 unspecified atom stereocenters. The van der Waals surface area contributed by atoms with Gasteiger partial charge in [0, 0.05) is 10.5 Å². The number of rotatable bonds is 6. The van der Waals surface area contributed by atoms with Crippen molar-refractivity contribution in [2.45, 2.75) is 11.5 Å². The zero-order valence-electron chi connectivity index (χ0n) is 12.1. The third-order valence-electron chi connectivity index (χ3n) is 2.88. The van der Waals surface area contributed by atoms with Gasteiger partial charge in [-0.3, -0.25) is 4.79 Å². The highest BCUT2D eigenvalue weighted by Gasteiger charge is 2.24. The Balaban J connectivity index is 1.99. The summed E-state index contributed by atoms with van der Waals surface area (Å²) in [5.74, 6) is -3.03. The first-order valence-electron chi connectivity index (χ1n) is 6.63. The molecule has 0 aliphatic carbocycles. The van der Waals surface area contributed by atoms with Crippen LogP contribution in [0.3, 0.4) is 0 Å². The van der Waals surface area contributed by atoms with E-state index < -0.39 is 39.1 Å². The number of esters is 1. The summed E-state index contributed by atoms with van der Waals surface area (Å²) in [5, 5.41) is 0. The highest BCUT2D eigenvalue weighted by molar-refractivity contribution is 9.10. The zero-order chi connectivity index (χ0) is 17.7. The standard InChI is InChI=1S/C15H12BrF2NO4S/c16-12-6-11(17)7-13(18)15(12)24(21,22)19-8-14(20)23-9-10-4-2-1-3-5-10/h1-7,19H,8-9H2. The van der Waals surface area contributed by atoms with E-state index in [1.165, 1.54) is 0 Å². The molecule has 0 bridgehead atoms. The van der Waals surface area contributed by atoms with Crippen molar-refractivity contribution >= 4 is 31.9 Å². The molecular formula is C15H12BrF2NO4S. The van der Waals surface area contributed by atoms with Gasteiger partial charge in [-0.1, -0.05) is 30.3 Å². The van der Waals surface area contributed by atoms with Crippen LogP contribution in [0.2, 0.25) is 0 Å². The van der Waals surface area contributed by atoms with Crippen molar-refractivity contribution in [2.75, 3.05) is 6.54 Å². The van der Waals surface area contributed by atoms with Gasteiger partial charge < -0.3 is 4.74 Å². The summed E-state index contributed by atoms with van der Waals surface area (Å²) in [4.78, 5) is 10.8. The minimum Gasteiger partial charge on any atom is -0.460 e. The molecule has 2 aromatic rings. The van der Waals surface area contributed by atoms with E-state index in [1.807, 2.05) is 4.72 Å². The van der Waals surface area contributed by atoms with Gasteiger partial charge in [0.2, 0.25) is 10.0 Å². The van der Waals surface area contributed by atoms with E-state index in [1.54, 1.807) is 30.3 Å². The minimum atomic E-state index is -4.36. The Morgan fingerprint density at radius 3 is 2.46 bits per heavy atom. The Kier molecular flexibility index (Phi) is 6.03. The van der Waals surface area contributed by atoms with Crippen molar-refractivity contribution < 1.29 is 26.7 Å². The van der Waals surface area contributed by atoms with Crippen LogP contribution in [0.25, 0.3) is 0 Å². The van der Waals surface area contributed by atoms with Crippen molar-refractivity contribution in [3.8, 4) is 0 Å². The van der Waals surface area contributed by atoms with Crippen LogP contribution in [0.5, 0.6) is 0 Å². The van der Waals surface area contributed by atoms with Crippen molar-refractivity contribution in [1.29, 1.82) is 0 Å². The summed E-state index contributed by atoms with van der Waals surface area (Å²) in [5.41, 5.74) is 0.737. The Labute approximate surface area is 145 Å². The van der Waals surface area contributed by atoms with Crippen molar-refractivity contribution in [2.24, 2.45) is 0 Å². The van der Waals surface area contributed by atoms with Gasteiger partial charge in [-0.2, -0.15) is 4.72 Å². The Hall–Kier alpha value is -1.84. The number of nitrogens with one attached hydrogen (secondary N) is 1. The van der Waals surface area contributed by atoms with Crippen LogP contribution in [-0.2, 0) is 26.2 Å². The molecule has 1 N–H and O–H groups in total. The first-order chi connectivity index (χ1) is 11.3. The Morgan fingerprint density at radius 1 is 1.17 bits per heavy atom. The van der Waals surface area contributed by atoms with Crippen LogP contribution in [0.15, 0.2) is 51.8 Å². The SMILES string of the molecule is O=C(CNS(=O)(=O)c1c(F)cc(F)cc1Br)OCc1ccccc1. The average molecular weight is 420 g/mol. The maximum absolute atomic E-state index is 13.7. The third kappa shape index (κ3) is 4.83. The first-order valence-corrected chi connectivity index (χ1v) is 8.91. The largest absolute Gasteiger partial charge is 0.460 e. The Bertz CT molecular complexity index is 821. The van der Waals surface area contributed by atoms with E-state index in [-0.39, 0.29) is 11.1 Å². The van der Waals surface area contributed by atoms with Crippen LogP contribution < -0.4 is 4.72 Å². The van der Waals surface area contributed by atoms with Gasteiger partial charge in [-0.15, -0.1) is 0 Å². The van der Waals surface area contributed by atoms with Gasteiger partial charge in [0.25, 0.3) is 0 Å². The molecule has 0 aromatic heterocycles. The van der Waals surface area contributed by atoms with E-state index in [0.717, 1.165) is 11.6 Å². The monoisotopic (exact) mass is 419 g/mol. The van der Waals surface area contributed by atoms with E-state index in [2.05, 4.69) is 15.9 Å². The molecule has 0 radical (unpaired) electrons. The van der Waals surface area contributed by atoms with Gasteiger partial charge in [-0.25, -0.2) is 17.2 Å². The van der Waals surface area contributed by atoms with E-state index in [9.17, 15) is 22.0 Å². The third-order valence-corrected chi connectivity index (χ3v) is 5.25. The normalized spacial score (nSPS) is 11.3. The number of carbonyl (C=O) groups excluding carboxylic acids is 1. The fourth-order valence-electron chi connectivity index (χ4n) is 1.80. The maximum atomic E-state index is 13.7. The van der Waals surface area contributed by atoms with Crippen molar-refractivity contribution in [3.63, 3.8) is 0 Å². The fraction of sp³-hybridized carbons (Fsp3) is 0.133. The van der Waals surface area contributed by atoms with Gasteiger partial charge in [-0.05, 0) is 27.6 Å². The summed E-state index contributed by atoms with van der Waals surface area (Å²) in [7, 11) is -4.36. The summed E-state index contributed by atoms with van der Waals surface area (Å²) in [6, 6.07) is 10.1. The smallest absolute Gasteiger partial charge is 0.321 e. The molecule has 2 aromatic carbocycles. The van der Waals surface area contributed by atoms with Crippen LogP contribution in [0.4, 0.5) is 8.78 Å². The lowest BCUT2D eigenvalue weighted by molar-refractivity contribution is -0.143. The van der Waals surface area contributed by atoms with Crippen molar-refractivity contribution in [1.82, 2.24) is 4.72 Å². The number of ether oxygens (including phenoxy) is 1. The molecule has 5 nitrogen and oxygen atoms in total. The molecule has 0 aliphatic heterocycles. The molecule has 0 spiro atoms. The molecule has 9 heteroatoms. The lowest BCUT2D eigenvalue weighted by Crippen LogP contribution is -2.31. The molecule has 0 heterocycles. The van der Waals surface area contributed by atoms with E-state index in [0.29, 0.717) is 6.07 Å². The summed E-state index contributed by atoms with van der Waals surface area (Å²) in [6.07, 6.45) is 0. The molecule has 0 atom stereocenters. The molecule has 0 saturated carbocycles. The molecule has 24 heavy (non-hydrogen) atoms. The number of halogens is 3. The summed E-state index contributed by atoms with van der Waals surface area (Å²) >= 11 is 2.79. The minimum absolute atomic E-state index is 0.0179. The number of benzene rings is 2. The number of sulfonamides is 1. The van der Waals surface area contributed by atoms with Crippen LogP contribution in [0, 0.1) is 11.6 Å². The maximum Gasteiger partial charge on any atom is 0.321 e. The second kappa shape index (κ2) is 7.82. The molecule has 128 valence electrons. The van der Waals surface area contributed by atoms with Crippen LogP contribution in [0.1, 0.15) is 5.56 Å². The lowest BCUT2D eigenvalue weighted by atomic mass is 10.2. The number of hydrogen-bond acceptors (Lipinski definition) is 4. The summed E-state index contributed by atoms with van der Waals surface area (Å²) < 4.78 is 57.4. The molecule has 0 aliphatic rings. The highest BCUT2D eigenvalue weighted by atomic mass is 79.9. The predicted molar refractivity (Wildman–Crippen MR) is 85.5 cm³/mol. The van der Waals surface area contributed by atoms with E-state index >= 15 is 0 Å².